The maximum atomic E-state index is 4.99. The van der Waals surface area contributed by atoms with Crippen LogP contribution in [0, 0.1) is 5.92 Å². The van der Waals surface area contributed by atoms with Crippen molar-refractivity contribution in [1.29, 1.82) is 0 Å². The van der Waals surface area contributed by atoms with E-state index in [1.54, 1.807) is 0 Å². The first-order valence-corrected chi connectivity index (χ1v) is 3.20. The first-order chi connectivity index (χ1) is 3.39. The molecule has 0 bridgehead atoms. The van der Waals surface area contributed by atoms with Crippen LogP contribution in [0.2, 0.25) is 0 Å². The summed E-state index contributed by atoms with van der Waals surface area (Å²) >= 11 is 0. The molecule has 0 amide bonds. The Morgan fingerprint density at radius 1 is 1.43 bits per heavy atom. The van der Waals surface area contributed by atoms with Crippen molar-refractivity contribution in [2.24, 2.45) is 5.92 Å². The van der Waals surface area contributed by atoms with Crippen LogP contribution in [0.15, 0.2) is 0 Å². The second kappa shape index (κ2) is 2.61. The van der Waals surface area contributed by atoms with Crippen LogP contribution in [0.5, 0.6) is 0 Å². The maximum absolute atomic E-state index is 4.99. The molecule has 0 aromatic heterocycles. The molecule has 1 aliphatic heterocycles. The van der Waals surface area contributed by atoms with E-state index in [0.717, 1.165) is 13.2 Å². The van der Waals surface area contributed by atoms with E-state index in [9.17, 15) is 0 Å². The second-order valence-electron chi connectivity index (χ2n) is 1.81. The van der Waals surface area contributed by atoms with Gasteiger partial charge < -0.3 is 9.05 Å². The monoisotopic (exact) mass is 120 g/mol. The van der Waals surface area contributed by atoms with Crippen molar-refractivity contribution in [3.63, 3.8) is 0 Å². The van der Waals surface area contributed by atoms with Crippen LogP contribution in [0.4, 0.5) is 0 Å². The van der Waals surface area contributed by atoms with E-state index < -0.39 is 0 Å². The fraction of sp³-hybridized carbons (Fsp3) is 1.00. The van der Waals surface area contributed by atoms with E-state index in [0.29, 0.717) is 5.92 Å². The van der Waals surface area contributed by atoms with Gasteiger partial charge in [-0.25, -0.2) is 0 Å². The molecule has 1 heterocycles. The Hall–Kier alpha value is 0.350. The zero-order chi connectivity index (χ0) is 5.11. The zero-order valence-electron chi connectivity index (χ0n) is 4.31. The van der Waals surface area contributed by atoms with Gasteiger partial charge in [0, 0.05) is 5.92 Å². The third kappa shape index (κ3) is 1.72. The molecule has 1 fully saturated rings. The summed E-state index contributed by atoms with van der Waals surface area (Å²) < 4.78 is 9.97. The van der Waals surface area contributed by atoms with Gasteiger partial charge in [0.1, 0.15) is 0 Å². The minimum atomic E-state index is 0.288. The number of hydrogen-bond donors (Lipinski definition) is 0. The molecule has 1 saturated heterocycles. The molecule has 0 atom stereocenters. The van der Waals surface area contributed by atoms with E-state index in [1.165, 1.54) is 0 Å². The molecule has 0 aromatic rings. The molecule has 0 spiro atoms. The Labute approximate surface area is 45.1 Å². The quantitative estimate of drug-likeness (QED) is 0.447. The molecular formula is C4H9O2P. The SMILES string of the molecule is CC1COPOC1. The summed E-state index contributed by atoms with van der Waals surface area (Å²) in [6.07, 6.45) is 0. The highest BCUT2D eigenvalue weighted by Crippen LogP contribution is 2.21. The van der Waals surface area contributed by atoms with Crippen LogP contribution < -0.4 is 0 Å². The molecule has 0 aromatic carbocycles. The standard InChI is InChI=1S/C4H9O2P/c1-4-2-5-7-6-3-4/h4,7H,2-3H2,1H3. The second-order valence-corrected chi connectivity index (χ2v) is 2.55. The van der Waals surface area contributed by atoms with E-state index in [-0.39, 0.29) is 9.03 Å². The van der Waals surface area contributed by atoms with Crippen LogP contribution >= 0.6 is 9.03 Å². The summed E-state index contributed by atoms with van der Waals surface area (Å²) in [6.45, 7) is 3.86. The maximum Gasteiger partial charge on any atom is 0.155 e. The molecule has 0 radical (unpaired) electrons. The van der Waals surface area contributed by atoms with Crippen molar-refractivity contribution in [2.75, 3.05) is 13.2 Å². The molecule has 1 aliphatic rings. The molecule has 2 nitrogen and oxygen atoms in total. The molecule has 0 unspecified atom stereocenters. The smallest absolute Gasteiger partial charge is 0.155 e. The van der Waals surface area contributed by atoms with Gasteiger partial charge in [0.2, 0.25) is 0 Å². The summed E-state index contributed by atoms with van der Waals surface area (Å²) in [4.78, 5) is 0. The van der Waals surface area contributed by atoms with Crippen LogP contribution in [0.1, 0.15) is 6.92 Å². The first kappa shape index (κ1) is 5.49. The largest absolute Gasteiger partial charge is 0.336 e. The summed E-state index contributed by atoms with van der Waals surface area (Å²) in [5.74, 6) is 0.598. The predicted molar refractivity (Wildman–Crippen MR) is 29.4 cm³/mol. The third-order valence-corrected chi connectivity index (χ3v) is 1.42. The molecular weight excluding hydrogens is 111 g/mol. The van der Waals surface area contributed by atoms with Gasteiger partial charge in [0.15, 0.2) is 9.03 Å². The topological polar surface area (TPSA) is 18.5 Å². The van der Waals surface area contributed by atoms with Crippen LogP contribution in [-0.2, 0) is 9.05 Å². The molecule has 0 saturated carbocycles. The molecule has 7 heavy (non-hydrogen) atoms. The van der Waals surface area contributed by atoms with Crippen molar-refractivity contribution >= 4 is 9.03 Å². The molecule has 0 aliphatic carbocycles. The Bertz CT molecular complexity index is 51.7. The van der Waals surface area contributed by atoms with Crippen molar-refractivity contribution < 1.29 is 9.05 Å². The molecule has 1 rings (SSSR count). The lowest BCUT2D eigenvalue weighted by Gasteiger charge is -2.16. The van der Waals surface area contributed by atoms with Gasteiger partial charge in [-0.1, -0.05) is 6.92 Å². The average molecular weight is 120 g/mol. The summed E-state index contributed by atoms with van der Waals surface area (Å²) in [7, 11) is 0.288. The fourth-order valence-corrected chi connectivity index (χ4v) is 1.23. The van der Waals surface area contributed by atoms with E-state index >= 15 is 0 Å². The first-order valence-electron chi connectivity index (χ1n) is 2.38. The van der Waals surface area contributed by atoms with Crippen molar-refractivity contribution in [1.82, 2.24) is 0 Å². The predicted octanol–water partition coefficient (Wildman–Crippen LogP) is 1.18. The zero-order valence-corrected chi connectivity index (χ0v) is 5.31. The normalized spacial score (nSPS) is 36.4. The van der Waals surface area contributed by atoms with Crippen molar-refractivity contribution in [3.8, 4) is 0 Å². The van der Waals surface area contributed by atoms with Crippen LogP contribution in [0.25, 0.3) is 0 Å². The fourth-order valence-electron chi connectivity index (χ4n) is 0.442. The Morgan fingerprint density at radius 3 is 2.29 bits per heavy atom. The summed E-state index contributed by atoms with van der Waals surface area (Å²) in [5.41, 5.74) is 0. The van der Waals surface area contributed by atoms with Gasteiger partial charge in [-0.05, 0) is 0 Å². The van der Waals surface area contributed by atoms with Gasteiger partial charge >= 0.3 is 0 Å². The Balaban J connectivity index is 2.12. The summed E-state index contributed by atoms with van der Waals surface area (Å²) in [6, 6.07) is 0. The average Bonchev–Trinajstić information content (AvgIpc) is 1.69. The Kier molecular flexibility index (Phi) is 2.04. The lowest BCUT2D eigenvalue weighted by Crippen LogP contribution is -2.12. The van der Waals surface area contributed by atoms with E-state index in [1.807, 2.05) is 0 Å². The summed E-state index contributed by atoms with van der Waals surface area (Å²) in [5, 5.41) is 0. The molecule has 0 N–H and O–H groups in total. The highest BCUT2D eigenvalue weighted by molar-refractivity contribution is 7.26. The lowest BCUT2D eigenvalue weighted by atomic mass is 10.2. The minimum Gasteiger partial charge on any atom is -0.336 e. The third-order valence-electron chi connectivity index (χ3n) is 0.854. The van der Waals surface area contributed by atoms with E-state index in [4.69, 9.17) is 9.05 Å². The van der Waals surface area contributed by atoms with Crippen LogP contribution in [0.3, 0.4) is 0 Å². The van der Waals surface area contributed by atoms with Crippen LogP contribution in [-0.4, -0.2) is 13.2 Å². The number of hydrogen-bond acceptors (Lipinski definition) is 2. The van der Waals surface area contributed by atoms with Gasteiger partial charge in [-0.15, -0.1) is 0 Å². The minimum absolute atomic E-state index is 0.288. The highest BCUT2D eigenvalue weighted by Gasteiger charge is 2.06. The highest BCUT2D eigenvalue weighted by atomic mass is 31.1. The van der Waals surface area contributed by atoms with Crippen molar-refractivity contribution in [2.45, 2.75) is 6.92 Å². The molecule has 42 valence electrons. The van der Waals surface area contributed by atoms with Gasteiger partial charge in [0.05, 0.1) is 13.2 Å². The lowest BCUT2D eigenvalue weighted by molar-refractivity contribution is 0.142. The number of rotatable bonds is 0. The van der Waals surface area contributed by atoms with Crippen molar-refractivity contribution in [3.05, 3.63) is 0 Å². The molecule has 3 heteroatoms. The van der Waals surface area contributed by atoms with E-state index in [2.05, 4.69) is 6.92 Å². The van der Waals surface area contributed by atoms with Gasteiger partial charge in [-0.2, -0.15) is 0 Å². The van der Waals surface area contributed by atoms with Gasteiger partial charge in [-0.3, -0.25) is 0 Å². The Morgan fingerprint density at radius 2 is 2.00 bits per heavy atom. The van der Waals surface area contributed by atoms with Gasteiger partial charge in [0.25, 0.3) is 0 Å².